The Balaban J connectivity index is 1.81. The van der Waals surface area contributed by atoms with Crippen LogP contribution in [0.1, 0.15) is 19.3 Å². The number of aliphatic hydroxyl groups is 1. The second-order valence-electron chi connectivity index (χ2n) is 4.40. The van der Waals surface area contributed by atoms with Crippen LogP contribution in [0.4, 0.5) is 10.5 Å². The molecule has 1 aliphatic carbocycles. The van der Waals surface area contributed by atoms with E-state index in [0.717, 1.165) is 19.3 Å². The average molecular weight is 255 g/mol. The average Bonchev–Trinajstić information content (AvgIpc) is 2.24. The molecule has 92 valence electrons. The first-order valence-corrected chi connectivity index (χ1v) is 5.98. The van der Waals surface area contributed by atoms with Gasteiger partial charge in [-0.15, -0.1) is 0 Å². The van der Waals surface area contributed by atoms with E-state index in [2.05, 4.69) is 10.6 Å². The topological polar surface area (TPSA) is 61.4 Å². The van der Waals surface area contributed by atoms with Crippen molar-refractivity contribution in [2.75, 3.05) is 11.9 Å². The second-order valence-corrected chi connectivity index (χ2v) is 4.83. The van der Waals surface area contributed by atoms with Crippen LogP contribution in [0.3, 0.4) is 0 Å². The molecule has 2 rings (SSSR count). The highest BCUT2D eigenvalue weighted by molar-refractivity contribution is 6.30. The standard InChI is InChI=1S/C12H15ClN2O2/c13-9-3-1-4-10(7-9)15-11(16)14-8-12(17)5-2-6-12/h1,3-4,7,17H,2,5-6,8H2,(H2,14,15,16). The molecule has 17 heavy (non-hydrogen) atoms. The first-order chi connectivity index (χ1) is 8.07. The van der Waals surface area contributed by atoms with Gasteiger partial charge in [0.1, 0.15) is 0 Å². The molecule has 3 N–H and O–H groups in total. The first-order valence-electron chi connectivity index (χ1n) is 5.60. The molecule has 1 aromatic rings. The number of anilines is 1. The Labute approximate surface area is 105 Å². The first kappa shape index (κ1) is 12.2. The zero-order valence-electron chi connectivity index (χ0n) is 9.37. The Hall–Kier alpha value is -1.26. The van der Waals surface area contributed by atoms with Crippen LogP contribution in [0, 0.1) is 0 Å². The van der Waals surface area contributed by atoms with Gasteiger partial charge in [-0.05, 0) is 37.5 Å². The van der Waals surface area contributed by atoms with E-state index >= 15 is 0 Å². The number of benzene rings is 1. The maximum absolute atomic E-state index is 11.5. The lowest BCUT2D eigenvalue weighted by Crippen LogP contribution is -2.48. The second kappa shape index (κ2) is 4.94. The van der Waals surface area contributed by atoms with E-state index in [-0.39, 0.29) is 6.03 Å². The monoisotopic (exact) mass is 254 g/mol. The summed E-state index contributed by atoms with van der Waals surface area (Å²) in [6.45, 7) is 0.291. The predicted molar refractivity (Wildman–Crippen MR) is 67.3 cm³/mol. The Morgan fingerprint density at radius 3 is 2.82 bits per heavy atom. The SMILES string of the molecule is O=C(NCC1(O)CCC1)Nc1cccc(Cl)c1. The molecular formula is C12H15ClN2O2. The highest BCUT2D eigenvalue weighted by Crippen LogP contribution is 2.30. The number of urea groups is 1. The molecule has 0 aliphatic heterocycles. The van der Waals surface area contributed by atoms with Crippen LogP contribution in [0.25, 0.3) is 0 Å². The van der Waals surface area contributed by atoms with Gasteiger partial charge < -0.3 is 15.7 Å². The molecule has 0 heterocycles. The van der Waals surface area contributed by atoms with Crippen LogP contribution in [0.5, 0.6) is 0 Å². The number of carbonyl (C=O) groups excluding carboxylic acids is 1. The third kappa shape index (κ3) is 3.35. The Morgan fingerprint density at radius 2 is 2.24 bits per heavy atom. The molecular weight excluding hydrogens is 240 g/mol. The molecule has 0 atom stereocenters. The maximum Gasteiger partial charge on any atom is 0.319 e. The molecule has 0 aromatic heterocycles. The summed E-state index contributed by atoms with van der Waals surface area (Å²) in [6.07, 6.45) is 2.53. The molecule has 2 amide bonds. The Kier molecular flexibility index (Phi) is 3.54. The summed E-state index contributed by atoms with van der Waals surface area (Å²) >= 11 is 5.80. The van der Waals surface area contributed by atoms with Gasteiger partial charge in [0.2, 0.25) is 0 Å². The normalized spacial score (nSPS) is 17.1. The van der Waals surface area contributed by atoms with Gasteiger partial charge in [-0.25, -0.2) is 4.79 Å². The van der Waals surface area contributed by atoms with E-state index in [0.29, 0.717) is 17.3 Å². The summed E-state index contributed by atoms with van der Waals surface area (Å²) in [5.41, 5.74) is -0.0679. The molecule has 0 unspecified atom stereocenters. The maximum atomic E-state index is 11.5. The van der Waals surface area contributed by atoms with Gasteiger partial charge in [-0.2, -0.15) is 0 Å². The predicted octanol–water partition coefficient (Wildman–Crippen LogP) is 2.38. The lowest BCUT2D eigenvalue weighted by molar-refractivity contribution is -0.0287. The number of hydrogen-bond donors (Lipinski definition) is 3. The molecule has 1 aliphatic rings. The number of carbonyl (C=O) groups is 1. The highest BCUT2D eigenvalue weighted by atomic mass is 35.5. The summed E-state index contributed by atoms with van der Waals surface area (Å²) < 4.78 is 0. The van der Waals surface area contributed by atoms with Gasteiger partial charge in [0, 0.05) is 17.3 Å². The molecule has 1 fully saturated rings. The fourth-order valence-corrected chi connectivity index (χ4v) is 1.94. The molecule has 0 spiro atoms. The van der Waals surface area contributed by atoms with Crippen molar-refractivity contribution in [1.82, 2.24) is 5.32 Å². The van der Waals surface area contributed by atoms with Gasteiger partial charge in [-0.3, -0.25) is 0 Å². The van der Waals surface area contributed by atoms with Gasteiger partial charge in [0.25, 0.3) is 0 Å². The van der Waals surface area contributed by atoms with Crippen molar-refractivity contribution in [3.05, 3.63) is 29.3 Å². The van der Waals surface area contributed by atoms with Crippen LogP contribution in [0.2, 0.25) is 5.02 Å². The smallest absolute Gasteiger partial charge is 0.319 e. The summed E-state index contributed by atoms with van der Waals surface area (Å²) in [4.78, 5) is 11.5. The molecule has 1 saturated carbocycles. The van der Waals surface area contributed by atoms with Gasteiger partial charge in [-0.1, -0.05) is 17.7 Å². The number of rotatable bonds is 3. The molecule has 4 nitrogen and oxygen atoms in total. The zero-order chi connectivity index (χ0) is 12.3. The van der Waals surface area contributed by atoms with Crippen molar-refractivity contribution in [1.29, 1.82) is 0 Å². The molecule has 0 radical (unpaired) electrons. The Bertz CT molecular complexity index is 419. The van der Waals surface area contributed by atoms with Crippen LogP contribution in [-0.2, 0) is 0 Å². The van der Waals surface area contributed by atoms with Gasteiger partial charge in [0.05, 0.1) is 5.60 Å². The van der Waals surface area contributed by atoms with E-state index in [4.69, 9.17) is 11.6 Å². The van der Waals surface area contributed by atoms with Gasteiger partial charge in [0.15, 0.2) is 0 Å². The lowest BCUT2D eigenvalue weighted by atomic mass is 9.80. The van der Waals surface area contributed by atoms with E-state index in [1.807, 2.05) is 0 Å². The Morgan fingerprint density at radius 1 is 1.47 bits per heavy atom. The minimum Gasteiger partial charge on any atom is -0.388 e. The highest BCUT2D eigenvalue weighted by Gasteiger charge is 2.34. The van der Waals surface area contributed by atoms with Crippen molar-refractivity contribution in [2.24, 2.45) is 0 Å². The van der Waals surface area contributed by atoms with E-state index in [1.165, 1.54) is 0 Å². The number of halogens is 1. The minimum absolute atomic E-state index is 0.291. The van der Waals surface area contributed by atoms with Gasteiger partial charge >= 0.3 is 6.03 Å². The van der Waals surface area contributed by atoms with E-state index in [1.54, 1.807) is 24.3 Å². The fourth-order valence-electron chi connectivity index (χ4n) is 1.75. The largest absolute Gasteiger partial charge is 0.388 e. The summed E-state index contributed by atoms with van der Waals surface area (Å²) in [5, 5.41) is 15.7. The summed E-state index contributed by atoms with van der Waals surface area (Å²) in [7, 11) is 0. The summed E-state index contributed by atoms with van der Waals surface area (Å²) in [5.74, 6) is 0. The molecule has 5 heteroatoms. The number of amides is 2. The third-order valence-corrected chi connectivity index (χ3v) is 3.18. The zero-order valence-corrected chi connectivity index (χ0v) is 10.1. The minimum atomic E-state index is -0.703. The van der Waals surface area contributed by atoms with Crippen LogP contribution >= 0.6 is 11.6 Å². The quantitative estimate of drug-likeness (QED) is 0.776. The van der Waals surface area contributed by atoms with E-state index < -0.39 is 5.60 Å². The fraction of sp³-hybridized carbons (Fsp3) is 0.417. The number of nitrogens with one attached hydrogen (secondary N) is 2. The van der Waals surface area contributed by atoms with Crippen molar-refractivity contribution >= 4 is 23.3 Å². The van der Waals surface area contributed by atoms with Crippen LogP contribution in [-0.4, -0.2) is 23.3 Å². The molecule has 0 saturated heterocycles. The van der Waals surface area contributed by atoms with E-state index in [9.17, 15) is 9.90 Å². The molecule has 0 bridgehead atoms. The lowest BCUT2D eigenvalue weighted by Gasteiger charge is -2.36. The van der Waals surface area contributed by atoms with Crippen LogP contribution < -0.4 is 10.6 Å². The molecule has 1 aromatic carbocycles. The number of hydrogen-bond acceptors (Lipinski definition) is 2. The third-order valence-electron chi connectivity index (χ3n) is 2.94. The van der Waals surface area contributed by atoms with Crippen molar-refractivity contribution < 1.29 is 9.90 Å². The van der Waals surface area contributed by atoms with Crippen molar-refractivity contribution in [3.63, 3.8) is 0 Å². The summed E-state index contributed by atoms with van der Waals surface area (Å²) in [6, 6.07) is 6.59. The van der Waals surface area contributed by atoms with Crippen LogP contribution in [0.15, 0.2) is 24.3 Å². The van der Waals surface area contributed by atoms with Crippen molar-refractivity contribution in [2.45, 2.75) is 24.9 Å². The van der Waals surface area contributed by atoms with Crippen molar-refractivity contribution in [3.8, 4) is 0 Å².